The summed E-state index contributed by atoms with van der Waals surface area (Å²) in [5.41, 5.74) is 2.57. The first-order valence-electron chi connectivity index (χ1n) is 13.8. The quantitative estimate of drug-likeness (QED) is 0.260. The molecule has 0 saturated carbocycles. The Morgan fingerprint density at radius 2 is 1.95 bits per heavy atom. The summed E-state index contributed by atoms with van der Waals surface area (Å²) in [7, 11) is 0. The highest BCUT2D eigenvalue weighted by Crippen LogP contribution is 2.21. The lowest BCUT2D eigenvalue weighted by atomic mass is 10.1. The molecule has 5 aromatic rings. The Balaban J connectivity index is 1.12. The molecule has 0 atom stereocenters. The minimum atomic E-state index is -1.17. The molecule has 0 radical (unpaired) electrons. The van der Waals surface area contributed by atoms with Crippen LogP contribution in [-0.2, 0) is 26.2 Å². The van der Waals surface area contributed by atoms with E-state index in [0.29, 0.717) is 30.3 Å². The number of carboxylic acid groups (broad SMARTS) is 1. The third-order valence-electron chi connectivity index (χ3n) is 7.47. The van der Waals surface area contributed by atoms with E-state index in [1.54, 1.807) is 24.5 Å². The number of nitriles is 1. The molecule has 0 spiro atoms. The van der Waals surface area contributed by atoms with Crippen molar-refractivity contribution < 1.29 is 19.0 Å². The van der Waals surface area contributed by atoms with Crippen LogP contribution in [0, 0.1) is 17.1 Å². The number of piperazine rings is 1. The third kappa shape index (κ3) is 5.88. The number of carbonyl (C=O) groups is 1. The van der Waals surface area contributed by atoms with Crippen LogP contribution >= 0.6 is 0 Å². The summed E-state index contributed by atoms with van der Waals surface area (Å²) in [6, 6.07) is 11.7. The summed E-state index contributed by atoms with van der Waals surface area (Å²) in [4.78, 5) is 29.2. The van der Waals surface area contributed by atoms with E-state index < -0.39 is 11.8 Å². The maximum absolute atomic E-state index is 14.2. The topological polar surface area (TPSA) is 143 Å². The normalized spacial score (nSPS) is 13.8. The Morgan fingerprint density at radius 1 is 1.12 bits per heavy atom. The molecule has 0 unspecified atom stereocenters. The molecule has 0 aliphatic carbocycles. The summed E-state index contributed by atoms with van der Waals surface area (Å²) in [5, 5.41) is 22.5. The van der Waals surface area contributed by atoms with E-state index in [2.05, 4.69) is 29.9 Å². The van der Waals surface area contributed by atoms with Gasteiger partial charge in [-0.3, -0.25) is 4.90 Å². The number of aromatic nitrogens is 7. The smallest absolute Gasteiger partial charge is 0.375 e. The van der Waals surface area contributed by atoms with Gasteiger partial charge in [-0.1, -0.05) is 12.1 Å². The number of hydrogen-bond donors (Lipinski definition) is 1. The first kappa shape index (κ1) is 27.9. The van der Waals surface area contributed by atoms with Gasteiger partial charge < -0.3 is 23.9 Å². The van der Waals surface area contributed by atoms with E-state index >= 15 is 0 Å². The van der Waals surface area contributed by atoms with Crippen molar-refractivity contribution >= 4 is 17.6 Å². The molecule has 1 fully saturated rings. The van der Waals surface area contributed by atoms with Gasteiger partial charge in [0.2, 0.25) is 11.7 Å². The fraction of sp³-hybridized carbons (Fsp3) is 0.310. The average Bonchev–Trinajstić information content (AvgIpc) is 3.73. The number of ether oxygens (including phenoxy) is 1. The van der Waals surface area contributed by atoms with Crippen LogP contribution in [0.3, 0.4) is 0 Å². The van der Waals surface area contributed by atoms with Crippen LogP contribution in [0.15, 0.2) is 55.1 Å². The zero-order valence-electron chi connectivity index (χ0n) is 23.5. The number of pyridine rings is 1. The molecule has 13 nitrogen and oxygen atoms in total. The first-order chi connectivity index (χ1) is 20.9. The molecule has 1 aliphatic rings. The van der Waals surface area contributed by atoms with Crippen molar-refractivity contribution in [3.8, 4) is 11.9 Å². The number of aryl methyl sites for hydroxylation is 1. The summed E-state index contributed by atoms with van der Waals surface area (Å²) in [5.74, 6) is -0.261. The minimum Gasteiger partial charge on any atom is -0.475 e. The highest BCUT2D eigenvalue weighted by Gasteiger charge is 2.23. The number of anilines is 1. The number of hydrogen-bond acceptors (Lipinski definition) is 9. The molecule has 220 valence electrons. The zero-order chi connectivity index (χ0) is 29.9. The van der Waals surface area contributed by atoms with Gasteiger partial charge in [0.1, 0.15) is 18.2 Å². The number of imidazole rings is 2. The molecular weight excluding hydrogens is 555 g/mol. The van der Waals surface area contributed by atoms with Gasteiger partial charge in [0, 0.05) is 57.1 Å². The second-order valence-electron chi connectivity index (χ2n) is 10.2. The Morgan fingerprint density at radius 3 is 2.70 bits per heavy atom. The Bertz CT molecular complexity index is 1810. The van der Waals surface area contributed by atoms with Gasteiger partial charge in [-0.25, -0.2) is 18.7 Å². The lowest BCUT2D eigenvalue weighted by Gasteiger charge is -2.35. The number of aromatic carboxylic acids is 1. The van der Waals surface area contributed by atoms with Crippen molar-refractivity contribution in [2.75, 3.05) is 31.1 Å². The fourth-order valence-electron chi connectivity index (χ4n) is 5.15. The number of benzene rings is 1. The SMILES string of the molecule is CCn1cncc1Cn1c(CN2CCN(c3cccc(OCc4ccc(C#N)cc4F)n3)CC2)cn2nc(C(=O)O)nc12. The molecule has 4 aromatic heterocycles. The van der Waals surface area contributed by atoms with E-state index in [1.165, 1.54) is 10.6 Å². The van der Waals surface area contributed by atoms with Gasteiger partial charge in [-0.2, -0.15) is 15.2 Å². The fourth-order valence-corrected chi connectivity index (χ4v) is 5.15. The van der Waals surface area contributed by atoms with E-state index in [9.17, 15) is 14.3 Å². The molecule has 1 N–H and O–H groups in total. The largest absolute Gasteiger partial charge is 0.475 e. The molecular formula is C29H29FN10O3. The van der Waals surface area contributed by atoms with Crippen molar-refractivity contribution in [1.82, 2.24) is 38.6 Å². The molecule has 0 amide bonds. The van der Waals surface area contributed by atoms with Gasteiger partial charge in [0.15, 0.2) is 0 Å². The number of rotatable bonds is 10. The van der Waals surface area contributed by atoms with Crippen LogP contribution in [0.2, 0.25) is 0 Å². The molecule has 1 saturated heterocycles. The van der Waals surface area contributed by atoms with Crippen molar-refractivity contribution in [2.24, 2.45) is 0 Å². The molecule has 14 heteroatoms. The summed E-state index contributed by atoms with van der Waals surface area (Å²) >= 11 is 0. The van der Waals surface area contributed by atoms with Gasteiger partial charge in [0.25, 0.3) is 5.82 Å². The predicted octanol–water partition coefficient (Wildman–Crippen LogP) is 2.80. The van der Waals surface area contributed by atoms with Crippen LogP contribution in [-0.4, -0.2) is 75.9 Å². The Labute approximate surface area is 246 Å². The number of nitrogens with zero attached hydrogens (tertiary/aromatic N) is 10. The maximum atomic E-state index is 14.2. The van der Waals surface area contributed by atoms with E-state index in [-0.39, 0.29) is 18.0 Å². The standard InChI is InChI=1S/C29H29FN10O3/c1-2-37-19-32-14-22(37)16-39-23(17-40-29(39)34-27(35-40)28(41)42)15-36-8-10-38(11-9-36)25-4-3-5-26(33-25)43-18-21-7-6-20(13-31)12-24(21)30/h3-7,12,14,17,19H,2,8-11,15-16,18H2,1H3,(H,41,42). The van der Waals surface area contributed by atoms with Gasteiger partial charge >= 0.3 is 5.97 Å². The molecule has 6 rings (SSSR count). The average molecular weight is 585 g/mol. The molecule has 5 heterocycles. The van der Waals surface area contributed by atoms with E-state index in [4.69, 9.17) is 10.00 Å². The van der Waals surface area contributed by atoms with Crippen LogP contribution in [0.4, 0.5) is 10.2 Å². The van der Waals surface area contributed by atoms with Gasteiger partial charge in [-0.15, -0.1) is 5.10 Å². The number of carboxylic acids is 1. The first-order valence-corrected chi connectivity index (χ1v) is 13.8. The minimum absolute atomic E-state index is 0.00669. The zero-order valence-corrected chi connectivity index (χ0v) is 23.5. The Kier molecular flexibility index (Phi) is 7.71. The lowest BCUT2D eigenvalue weighted by Crippen LogP contribution is -2.46. The maximum Gasteiger partial charge on any atom is 0.375 e. The summed E-state index contributed by atoms with van der Waals surface area (Å²) in [6.07, 6.45) is 5.43. The van der Waals surface area contributed by atoms with Gasteiger partial charge in [-0.05, 0) is 25.1 Å². The van der Waals surface area contributed by atoms with Crippen molar-refractivity contribution in [3.05, 3.63) is 89.3 Å². The van der Waals surface area contributed by atoms with Crippen molar-refractivity contribution in [1.29, 1.82) is 5.26 Å². The van der Waals surface area contributed by atoms with Crippen LogP contribution in [0.25, 0.3) is 5.78 Å². The van der Waals surface area contributed by atoms with E-state index in [0.717, 1.165) is 49.9 Å². The monoisotopic (exact) mass is 584 g/mol. The highest BCUT2D eigenvalue weighted by atomic mass is 19.1. The number of fused-ring (bicyclic) bond motifs is 1. The lowest BCUT2D eigenvalue weighted by molar-refractivity contribution is 0.0683. The molecule has 43 heavy (non-hydrogen) atoms. The molecule has 1 aromatic carbocycles. The second kappa shape index (κ2) is 11.9. The molecule has 1 aliphatic heterocycles. The molecule has 0 bridgehead atoms. The summed E-state index contributed by atoms with van der Waals surface area (Å²) < 4.78 is 25.6. The van der Waals surface area contributed by atoms with E-state index in [1.807, 2.05) is 46.7 Å². The third-order valence-corrected chi connectivity index (χ3v) is 7.47. The van der Waals surface area contributed by atoms with Crippen LogP contribution < -0.4 is 9.64 Å². The summed E-state index contributed by atoms with van der Waals surface area (Å²) in [6.45, 7) is 6.97. The highest BCUT2D eigenvalue weighted by molar-refractivity contribution is 5.83. The van der Waals surface area contributed by atoms with Crippen molar-refractivity contribution in [2.45, 2.75) is 33.2 Å². The van der Waals surface area contributed by atoms with Crippen LogP contribution in [0.5, 0.6) is 5.88 Å². The number of halogens is 1. The Hall–Kier alpha value is -5.29. The van der Waals surface area contributed by atoms with Crippen molar-refractivity contribution in [3.63, 3.8) is 0 Å². The van der Waals surface area contributed by atoms with Crippen LogP contribution in [0.1, 0.15) is 40.1 Å². The van der Waals surface area contributed by atoms with Gasteiger partial charge in [0.05, 0.1) is 42.1 Å². The predicted molar refractivity (Wildman–Crippen MR) is 152 cm³/mol. The second-order valence-corrected chi connectivity index (χ2v) is 10.2.